The Kier molecular flexibility index (Phi) is 4.46. The van der Waals surface area contributed by atoms with E-state index in [2.05, 4.69) is 79.7 Å². The van der Waals surface area contributed by atoms with E-state index in [4.69, 9.17) is 11.1 Å². The first kappa shape index (κ1) is 15.1. The van der Waals surface area contributed by atoms with Crippen molar-refractivity contribution in [1.82, 2.24) is 0 Å². The molecule has 0 radical (unpaired) electrons. The van der Waals surface area contributed by atoms with Gasteiger partial charge >= 0.3 is 0 Å². The highest BCUT2D eigenvalue weighted by atomic mass is 35.6. The second kappa shape index (κ2) is 6.51. The predicted molar refractivity (Wildman–Crippen MR) is 99.2 cm³/mol. The van der Waals surface area contributed by atoms with Crippen LogP contribution in [0.1, 0.15) is 12.5 Å². The minimum Gasteiger partial charge on any atom is -0.149 e. The van der Waals surface area contributed by atoms with Gasteiger partial charge in [0.2, 0.25) is 7.38 Å². The van der Waals surface area contributed by atoms with E-state index in [0.29, 0.717) is 0 Å². The highest BCUT2D eigenvalue weighted by molar-refractivity contribution is 7.40. The second-order valence-electron chi connectivity index (χ2n) is 5.44. The lowest BCUT2D eigenvalue weighted by atomic mass is 10.2. The normalized spacial score (nSPS) is 11.4. The number of benzene rings is 3. The molecule has 110 valence electrons. The summed E-state index contributed by atoms with van der Waals surface area (Å²) in [6.45, 7) is 2.18. The highest BCUT2D eigenvalue weighted by Gasteiger charge is 2.37. The van der Waals surface area contributed by atoms with Crippen molar-refractivity contribution in [3.8, 4) is 0 Å². The molecule has 0 aliphatic carbocycles. The Morgan fingerprint density at radius 1 is 0.636 bits per heavy atom. The third kappa shape index (κ3) is 2.74. The average Bonchev–Trinajstić information content (AvgIpc) is 2.62. The Bertz CT molecular complexity index is 681. The third-order valence-corrected chi connectivity index (χ3v) is 9.45. The molecule has 0 saturated carbocycles. The fourth-order valence-corrected chi connectivity index (χ4v) is 6.87. The van der Waals surface area contributed by atoms with Gasteiger partial charge in [0.1, 0.15) is 0 Å². The van der Waals surface area contributed by atoms with Gasteiger partial charge in [0.25, 0.3) is 0 Å². The Morgan fingerprint density at radius 2 is 1.05 bits per heavy atom. The van der Waals surface area contributed by atoms with Crippen molar-refractivity contribution in [2.45, 2.75) is 13.3 Å². The summed E-state index contributed by atoms with van der Waals surface area (Å²) in [5.74, 6) is 0. The molecule has 0 aliphatic heterocycles. The Hall–Kier alpha value is -1.83. The first-order chi connectivity index (χ1) is 10.7. The van der Waals surface area contributed by atoms with E-state index >= 15 is 0 Å². The van der Waals surface area contributed by atoms with Crippen LogP contribution in [0.5, 0.6) is 0 Å². The van der Waals surface area contributed by atoms with Crippen molar-refractivity contribution in [3.05, 3.63) is 90.5 Å². The van der Waals surface area contributed by atoms with E-state index in [1.807, 2.05) is 12.1 Å². The SMILES string of the molecule is CCc1ccc([Si](Cl)(c2ccccc2)c2ccccc2)cc1. The van der Waals surface area contributed by atoms with Crippen molar-refractivity contribution < 1.29 is 0 Å². The molecule has 0 N–H and O–H groups in total. The van der Waals surface area contributed by atoms with Crippen LogP contribution < -0.4 is 15.6 Å². The maximum absolute atomic E-state index is 7.35. The Labute approximate surface area is 138 Å². The van der Waals surface area contributed by atoms with Crippen LogP contribution in [0.15, 0.2) is 84.9 Å². The number of rotatable bonds is 4. The lowest BCUT2D eigenvalue weighted by molar-refractivity contribution is 1.14. The highest BCUT2D eigenvalue weighted by Crippen LogP contribution is 2.12. The zero-order valence-electron chi connectivity index (χ0n) is 12.7. The third-order valence-electron chi connectivity index (χ3n) is 4.10. The van der Waals surface area contributed by atoms with Crippen molar-refractivity contribution >= 4 is 34.0 Å². The molecule has 0 bridgehead atoms. The van der Waals surface area contributed by atoms with Crippen LogP contribution in [0.4, 0.5) is 0 Å². The fraction of sp³-hybridized carbons (Fsp3) is 0.100. The Balaban J connectivity index is 2.18. The van der Waals surface area contributed by atoms with Gasteiger partial charge in [0, 0.05) is 0 Å². The minimum atomic E-state index is -2.44. The van der Waals surface area contributed by atoms with E-state index in [1.165, 1.54) is 21.1 Å². The molecule has 22 heavy (non-hydrogen) atoms. The molecular weight excluding hydrogens is 304 g/mol. The smallest absolute Gasteiger partial charge is 0.149 e. The molecule has 0 atom stereocenters. The van der Waals surface area contributed by atoms with Crippen molar-refractivity contribution in [1.29, 1.82) is 0 Å². The van der Waals surface area contributed by atoms with Crippen LogP contribution in [0, 0.1) is 0 Å². The molecule has 2 heteroatoms. The molecular formula is C20H19ClSi. The maximum atomic E-state index is 7.35. The van der Waals surface area contributed by atoms with Gasteiger partial charge in [0.05, 0.1) is 0 Å². The van der Waals surface area contributed by atoms with E-state index in [0.717, 1.165) is 6.42 Å². The van der Waals surface area contributed by atoms with Gasteiger partial charge in [-0.15, -0.1) is 11.1 Å². The molecule has 0 aliphatic rings. The van der Waals surface area contributed by atoms with Gasteiger partial charge in [-0.3, -0.25) is 0 Å². The zero-order chi connectivity index (χ0) is 15.4. The summed E-state index contributed by atoms with van der Waals surface area (Å²) in [5.41, 5.74) is 1.35. The summed E-state index contributed by atoms with van der Waals surface area (Å²) in [6.07, 6.45) is 1.05. The first-order valence-corrected chi connectivity index (χ1v) is 10.7. The van der Waals surface area contributed by atoms with Gasteiger partial charge < -0.3 is 0 Å². The molecule has 0 nitrogen and oxygen atoms in total. The molecule has 0 aromatic heterocycles. The summed E-state index contributed by atoms with van der Waals surface area (Å²) in [6, 6.07) is 29.8. The number of hydrogen-bond donors (Lipinski definition) is 0. The summed E-state index contributed by atoms with van der Waals surface area (Å²) >= 11 is 7.35. The van der Waals surface area contributed by atoms with Gasteiger partial charge in [-0.25, -0.2) is 0 Å². The van der Waals surface area contributed by atoms with E-state index in [1.54, 1.807) is 0 Å². The molecule has 0 unspecified atom stereocenters. The van der Waals surface area contributed by atoms with Crippen molar-refractivity contribution in [2.24, 2.45) is 0 Å². The van der Waals surface area contributed by atoms with Gasteiger partial charge in [-0.2, -0.15) is 0 Å². The van der Waals surface area contributed by atoms with E-state index in [-0.39, 0.29) is 0 Å². The quantitative estimate of drug-likeness (QED) is 0.392. The predicted octanol–water partition coefficient (Wildman–Crippen LogP) is 3.45. The first-order valence-electron chi connectivity index (χ1n) is 7.64. The number of halogens is 1. The topological polar surface area (TPSA) is 0 Å². The molecule has 3 aromatic carbocycles. The maximum Gasteiger partial charge on any atom is 0.247 e. The van der Waals surface area contributed by atoms with Crippen molar-refractivity contribution in [2.75, 3.05) is 0 Å². The van der Waals surface area contributed by atoms with Gasteiger partial charge in [-0.1, -0.05) is 91.9 Å². The summed E-state index contributed by atoms with van der Waals surface area (Å²) in [7, 11) is -2.44. The Morgan fingerprint density at radius 3 is 1.45 bits per heavy atom. The zero-order valence-corrected chi connectivity index (χ0v) is 14.4. The lowest BCUT2D eigenvalue weighted by Gasteiger charge is -2.26. The van der Waals surface area contributed by atoms with Crippen molar-refractivity contribution in [3.63, 3.8) is 0 Å². The van der Waals surface area contributed by atoms with Crippen LogP contribution in [0.25, 0.3) is 0 Å². The molecule has 0 saturated heterocycles. The molecule has 0 heterocycles. The summed E-state index contributed by atoms with van der Waals surface area (Å²) < 4.78 is 0. The monoisotopic (exact) mass is 322 g/mol. The lowest BCUT2D eigenvalue weighted by Crippen LogP contribution is -2.62. The van der Waals surface area contributed by atoms with Crippen LogP contribution in [0.2, 0.25) is 0 Å². The van der Waals surface area contributed by atoms with Crippen LogP contribution in [-0.2, 0) is 6.42 Å². The largest absolute Gasteiger partial charge is 0.247 e. The van der Waals surface area contributed by atoms with Gasteiger partial charge in [0.15, 0.2) is 0 Å². The number of aryl methyl sites for hydroxylation is 1. The molecule has 0 fully saturated rings. The van der Waals surface area contributed by atoms with Gasteiger partial charge in [-0.05, 0) is 27.5 Å². The molecule has 0 spiro atoms. The summed E-state index contributed by atoms with van der Waals surface area (Å²) in [4.78, 5) is 0. The molecule has 3 rings (SSSR count). The average molecular weight is 323 g/mol. The van der Waals surface area contributed by atoms with Crippen LogP contribution in [-0.4, -0.2) is 7.38 Å². The standard InChI is InChI=1S/C20H19ClSi/c1-2-17-13-15-20(16-14-17)22(21,18-9-5-3-6-10-18)19-11-7-4-8-12-19/h3-16H,2H2,1H3. The van der Waals surface area contributed by atoms with E-state index in [9.17, 15) is 0 Å². The van der Waals surface area contributed by atoms with Crippen LogP contribution in [0.3, 0.4) is 0 Å². The fourth-order valence-electron chi connectivity index (χ4n) is 2.81. The molecule has 3 aromatic rings. The second-order valence-corrected chi connectivity index (χ2v) is 10.2. The molecule has 0 amide bonds. The van der Waals surface area contributed by atoms with Crippen LogP contribution >= 0.6 is 11.1 Å². The number of hydrogen-bond acceptors (Lipinski definition) is 0. The minimum absolute atomic E-state index is 1.05. The van der Waals surface area contributed by atoms with E-state index < -0.39 is 7.38 Å². The summed E-state index contributed by atoms with van der Waals surface area (Å²) in [5, 5.41) is 3.70.